The number of benzene rings is 3. The third-order valence-electron chi connectivity index (χ3n) is 6.11. The van der Waals surface area contributed by atoms with Crippen molar-refractivity contribution < 1.29 is 14.6 Å². The van der Waals surface area contributed by atoms with Crippen LogP contribution in [0, 0.1) is 0 Å². The number of nitrogens with zero attached hydrogens (tertiary/aromatic N) is 2. The molecule has 2 N–H and O–H groups in total. The van der Waals surface area contributed by atoms with Crippen LogP contribution < -0.4 is 4.74 Å². The predicted molar refractivity (Wildman–Crippen MR) is 144 cm³/mol. The van der Waals surface area contributed by atoms with Crippen LogP contribution in [0.1, 0.15) is 29.3 Å². The molecule has 0 radical (unpaired) electrons. The Morgan fingerprint density at radius 2 is 1.86 bits per heavy atom. The summed E-state index contributed by atoms with van der Waals surface area (Å²) < 4.78 is 5.87. The van der Waals surface area contributed by atoms with E-state index in [0.29, 0.717) is 30.1 Å². The van der Waals surface area contributed by atoms with Gasteiger partial charge < -0.3 is 14.8 Å². The monoisotopic (exact) mass is 477 g/mol. The van der Waals surface area contributed by atoms with Crippen molar-refractivity contribution in [2.45, 2.75) is 19.8 Å². The highest BCUT2D eigenvalue weighted by atomic mass is 16.5. The lowest BCUT2D eigenvalue weighted by Gasteiger charge is -2.12. The summed E-state index contributed by atoms with van der Waals surface area (Å²) in [6.45, 7) is 2.19. The number of amides is 1. The first kappa shape index (κ1) is 23.5. The van der Waals surface area contributed by atoms with E-state index in [-0.39, 0.29) is 6.61 Å². The molecule has 5 aromatic rings. The fourth-order valence-corrected chi connectivity index (χ4v) is 4.28. The van der Waals surface area contributed by atoms with Gasteiger partial charge in [0.15, 0.2) is 0 Å². The van der Waals surface area contributed by atoms with Crippen molar-refractivity contribution >= 4 is 33.4 Å². The van der Waals surface area contributed by atoms with E-state index < -0.39 is 5.91 Å². The van der Waals surface area contributed by atoms with E-state index in [0.717, 1.165) is 44.9 Å². The van der Waals surface area contributed by atoms with Gasteiger partial charge in [-0.2, -0.15) is 0 Å². The molecule has 3 aromatic carbocycles. The SMILES string of the molecule is CCCOc1ccc(-c2cnc3ccccc3c2)cc1C(=O)/N=C(\CO)Cc1c[nH]c2ccccc12. The summed E-state index contributed by atoms with van der Waals surface area (Å²) in [5.41, 5.74) is 5.39. The van der Waals surface area contributed by atoms with Crippen LogP contribution in [0.25, 0.3) is 32.9 Å². The quantitative estimate of drug-likeness (QED) is 0.269. The van der Waals surface area contributed by atoms with Crippen LogP contribution in [0.15, 0.2) is 90.2 Å². The van der Waals surface area contributed by atoms with Gasteiger partial charge >= 0.3 is 0 Å². The van der Waals surface area contributed by atoms with Gasteiger partial charge in [0.1, 0.15) is 5.75 Å². The number of para-hydroxylation sites is 2. The van der Waals surface area contributed by atoms with Crippen molar-refractivity contribution in [1.82, 2.24) is 9.97 Å². The lowest BCUT2D eigenvalue weighted by molar-refractivity contribution is 0.0998. The topological polar surface area (TPSA) is 87.6 Å². The molecule has 180 valence electrons. The molecule has 0 fully saturated rings. The maximum atomic E-state index is 13.4. The third kappa shape index (κ3) is 4.90. The number of aromatic nitrogens is 2. The number of aliphatic imine (C=N–C) groups is 1. The normalized spacial score (nSPS) is 11.8. The molecule has 6 heteroatoms. The van der Waals surface area contributed by atoms with Crippen LogP contribution in [-0.4, -0.2) is 39.9 Å². The maximum absolute atomic E-state index is 13.4. The van der Waals surface area contributed by atoms with Crippen molar-refractivity contribution in [2.75, 3.05) is 13.2 Å². The Hall–Kier alpha value is -4.29. The molecule has 0 aliphatic heterocycles. The standard InChI is InChI=1S/C30H27N3O3/c1-2-13-36-29-12-11-20(22-14-21-7-3-5-9-27(21)31-17-22)16-26(29)30(35)33-24(19-34)15-23-18-32-28-10-6-4-8-25(23)28/h3-12,14,16-18,32,34H,2,13,15,19H2,1H3/b33-24-. The molecule has 0 saturated heterocycles. The number of nitrogens with one attached hydrogen (secondary N) is 1. The Labute approximate surface area is 209 Å². The van der Waals surface area contributed by atoms with E-state index in [4.69, 9.17) is 4.74 Å². The highest BCUT2D eigenvalue weighted by Crippen LogP contribution is 2.29. The summed E-state index contributed by atoms with van der Waals surface area (Å²) in [6.07, 6.45) is 4.88. The number of hydrogen-bond donors (Lipinski definition) is 2. The van der Waals surface area contributed by atoms with Crippen LogP contribution in [0.3, 0.4) is 0 Å². The van der Waals surface area contributed by atoms with E-state index >= 15 is 0 Å². The summed E-state index contributed by atoms with van der Waals surface area (Å²) in [7, 11) is 0. The number of hydrogen-bond acceptors (Lipinski definition) is 4. The zero-order chi connectivity index (χ0) is 24.9. The molecule has 6 nitrogen and oxygen atoms in total. The zero-order valence-electron chi connectivity index (χ0n) is 20.1. The van der Waals surface area contributed by atoms with Crippen molar-refractivity contribution in [3.63, 3.8) is 0 Å². The highest BCUT2D eigenvalue weighted by Gasteiger charge is 2.16. The summed E-state index contributed by atoms with van der Waals surface area (Å²) in [5.74, 6) is 0.0353. The molecular weight excluding hydrogens is 450 g/mol. The third-order valence-corrected chi connectivity index (χ3v) is 6.11. The zero-order valence-corrected chi connectivity index (χ0v) is 20.1. The number of aromatic amines is 1. The molecule has 0 spiro atoms. The Morgan fingerprint density at radius 3 is 2.72 bits per heavy atom. The minimum atomic E-state index is -0.444. The number of ether oxygens (including phenoxy) is 1. The summed E-state index contributed by atoms with van der Waals surface area (Å²) in [5, 5.41) is 12.1. The molecule has 0 atom stereocenters. The summed E-state index contributed by atoms with van der Waals surface area (Å²) >= 11 is 0. The molecule has 2 heterocycles. The molecule has 0 saturated carbocycles. The number of aliphatic hydroxyl groups is 1. The molecule has 5 rings (SSSR count). The van der Waals surface area contributed by atoms with Crippen LogP contribution in [-0.2, 0) is 6.42 Å². The first-order chi connectivity index (χ1) is 17.7. The fourth-order valence-electron chi connectivity index (χ4n) is 4.28. The van der Waals surface area contributed by atoms with Gasteiger partial charge in [0.2, 0.25) is 0 Å². The minimum absolute atomic E-state index is 0.315. The Kier molecular flexibility index (Phi) is 6.87. The number of H-pyrrole nitrogens is 1. The Morgan fingerprint density at radius 1 is 1.03 bits per heavy atom. The van der Waals surface area contributed by atoms with Gasteiger partial charge in [-0.1, -0.05) is 49.4 Å². The summed E-state index contributed by atoms with van der Waals surface area (Å²) in [6, 6.07) is 23.4. The van der Waals surface area contributed by atoms with Crippen LogP contribution in [0.4, 0.5) is 0 Å². The molecular formula is C30H27N3O3. The van der Waals surface area contributed by atoms with E-state index in [1.54, 1.807) is 18.3 Å². The minimum Gasteiger partial charge on any atom is -0.493 e. The molecule has 0 unspecified atom stereocenters. The van der Waals surface area contributed by atoms with Gasteiger partial charge in [-0.3, -0.25) is 9.78 Å². The van der Waals surface area contributed by atoms with Crippen molar-refractivity contribution in [3.8, 4) is 16.9 Å². The Bertz CT molecular complexity index is 1570. The van der Waals surface area contributed by atoms with Crippen LogP contribution in [0.5, 0.6) is 5.75 Å². The van der Waals surface area contributed by atoms with Crippen LogP contribution in [0.2, 0.25) is 0 Å². The number of carbonyl (C=O) groups is 1. The number of carbonyl (C=O) groups excluding carboxylic acids is 1. The second-order valence-electron chi connectivity index (χ2n) is 8.65. The molecule has 0 bridgehead atoms. The Balaban J connectivity index is 1.49. The molecule has 36 heavy (non-hydrogen) atoms. The lowest BCUT2D eigenvalue weighted by Crippen LogP contribution is -2.12. The smallest absolute Gasteiger partial charge is 0.280 e. The largest absolute Gasteiger partial charge is 0.493 e. The van der Waals surface area contributed by atoms with Gasteiger partial charge in [0.25, 0.3) is 5.91 Å². The van der Waals surface area contributed by atoms with Gasteiger partial charge in [0, 0.05) is 40.7 Å². The maximum Gasteiger partial charge on any atom is 0.280 e. The molecule has 2 aromatic heterocycles. The summed E-state index contributed by atoms with van der Waals surface area (Å²) in [4.78, 5) is 25.5. The number of rotatable bonds is 8. The second-order valence-corrected chi connectivity index (χ2v) is 8.65. The predicted octanol–water partition coefficient (Wildman–Crippen LogP) is 5.99. The van der Waals surface area contributed by atoms with E-state index in [9.17, 15) is 9.90 Å². The van der Waals surface area contributed by atoms with Gasteiger partial charge in [-0.25, -0.2) is 4.99 Å². The van der Waals surface area contributed by atoms with Crippen molar-refractivity contribution in [1.29, 1.82) is 0 Å². The second kappa shape index (κ2) is 10.5. The fraction of sp³-hybridized carbons (Fsp3) is 0.167. The molecule has 1 amide bonds. The van der Waals surface area contributed by atoms with Crippen molar-refractivity contribution in [3.05, 3.63) is 96.3 Å². The average Bonchev–Trinajstić information content (AvgIpc) is 3.33. The molecule has 0 aliphatic rings. The van der Waals surface area contributed by atoms with Gasteiger partial charge in [-0.15, -0.1) is 0 Å². The van der Waals surface area contributed by atoms with E-state index in [1.165, 1.54) is 0 Å². The van der Waals surface area contributed by atoms with Gasteiger partial charge in [0.05, 0.1) is 30.0 Å². The first-order valence-electron chi connectivity index (χ1n) is 12.0. The number of fused-ring (bicyclic) bond motifs is 2. The average molecular weight is 478 g/mol. The van der Waals surface area contributed by atoms with E-state index in [2.05, 4.69) is 21.0 Å². The van der Waals surface area contributed by atoms with Gasteiger partial charge in [-0.05, 0) is 47.9 Å². The number of aliphatic hydroxyl groups excluding tert-OH is 1. The number of pyridine rings is 1. The van der Waals surface area contributed by atoms with Crippen LogP contribution >= 0.6 is 0 Å². The lowest BCUT2D eigenvalue weighted by atomic mass is 10.0. The molecule has 0 aliphatic carbocycles. The highest BCUT2D eigenvalue weighted by molar-refractivity contribution is 6.07. The van der Waals surface area contributed by atoms with E-state index in [1.807, 2.05) is 67.7 Å². The van der Waals surface area contributed by atoms with Crippen molar-refractivity contribution in [2.24, 2.45) is 4.99 Å². The first-order valence-corrected chi connectivity index (χ1v) is 12.0.